The van der Waals surface area contributed by atoms with Gasteiger partial charge in [-0.1, -0.05) is 19.0 Å². The van der Waals surface area contributed by atoms with E-state index >= 15 is 0 Å². The number of oxime groups is 1. The van der Waals surface area contributed by atoms with Crippen LogP contribution in [0.15, 0.2) is 10.5 Å². The van der Waals surface area contributed by atoms with Gasteiger partial charge in [-0.3, -0.25) is 4.72 Å². The first-order valence-corrected chi connectivity index (χ1v) is 8.02. The van der Waals surface area contributed by atoms with E-state index in [0.717, 1.165) is 11.3 Å². The summed E-state index contributed by atoms with van der Waals surface area (Å²) in [7, 11) is -3.35. The zero-order valence-electron chi connectivity index (χ0n) is 10.5. The van der Waals surface area contributed by atoms with Crippen molar-refractivity contribution in [3.8, 4) is 0 Å². The van der Waals surface area contributed by atoms with Gasteiger partial charge in [-0.25, -0.2) is 13.4 Å². The number of nitrogens with zero attached hydrogens (tertiary/aromatic N) is 2. The van der Waals surface area contributed by atoms with E-state index in [0.29, 0.717) is 23.7 Å². The van der Waals surface area contributed by atoms with Gasteiger partial charge in [0.05, 0.1) is 5.75 Å². The molecule has 0 radical (unpaired) electrons. The summed E-state index contributed by atoms with van der Waals surface area (Å²) in [5.74, 6) is 0.407. The van der Waals surface area contributed by atoms with Crippen LogP contribution in [0.5, 0.6) is 0 Å². The molecule has 2 N–H and O–H groups in total. The number of thiazole rings is 1. The normalized spacial score (nSPS) is 13.0. The van der Waals surface area contributed by atoms with Gasteiger partial charge < -0.3 is 5.21 Å². The molecule has 0 fully saturated rings. The van der Waals surface area contributed by atoms with Gasteiger partial charge in [-0.15, -0.1) is 11.3 Å². The molecular formula is C10H17N3O3S2. The predicted octanol–water partition coefficient (Wildman–Crippen LogP) is 2.13. The highest BCUT2D eigenvalue weighted by atomic mass is 32.2. The molecule has 0 unspecified atom stereocenters. The van der Waals surface area contributed by atoms with E-state index in [9.17, 15) is 8.42 Å². The van der Waals surface area contributed by atoms with E-state index in [1.165, 1.54) is 0 Å². The Bertz CT molecular complexity index is 520. The minimum Gasteiger partial charge on any atom is -0.411 e. The maximum atomic E-state index is 11.7. The average Bonchev–Trinajstić information content (AvgIpc) is 2.73. The Morgan fingerprint density at radius 2 is 2.28 bits per heavy atom. The average molecular weight is 291 g/mol. The highest BCUT2D eigenvalue weighted by molar-refractivity contribution is 7.92. The van der Waals surface area contributed by atoms with Crippen molar-refractivity contribution >= 4 is 32.2 Å². The monoisotopic (exact) mass is 291 g/mol. The molecule has 0 aliphatic heterocycles. The minimum absolute atomic E-state index is 0.0760. The number of aromatic nitrogens is 1. The van der Waals surface area contributed by atoms with Crippen LogP contribution < -0.4 is 4.72 Å². The standard InChI is InChI=1S/C10H17N3O3S2/c1-7(2)4-5-18(15,16)13-10-11-9(6-17-10)8(3)12-14/h6-7,14H,4-5H2,1-3H3,(H,11,13)/b12-8+. The lowest BCUT2D eigenvalue weighted by molar-refractivity contribution is 0.319. The number of anilines is 1. The van der Waals surface area contributed by atoms with Crippen LogP contribution in [0, 0.1) is 5.92 Å². The maximum Gasteiger partial charge on any atom is 0.234 e. The molecule has 102 valence electrons. The van der Waals surface area contributed by atoms with Gasteiger partial charge in [0, 0.05) is 5.38 Å². The number of sulfonamides is 1. The van der Waals surface area contributed by atoms with Crippen molar-refractivity contribution in [2.45, 2.75) is 27.2 Å². The zero-order valence-corrected chi connectivity index (χ0v) is 12.2. The lowest BCUT2D eigenvalue weighted by Crippen LogP contribution is -2.17. The van der Waals surface area contributed by atoms with Gasteiger partial charge in [0.15, 0.2) is 5.13 Å². The molecule has 0 saturated carbocycles. The van der Waals surface area contributed by atoms with Crippen molar-refractivity contribution in [1.29, 1.82) is 0 Å². The van der Waals surface area contributed by atoms with E-state index in [2.05, 4.69) is 14.9 Å². The van der Waals surface area contributed by atoms with Crippen LogP contribution in [-0.2, 0) is 10.0 Å². The summed E-state index contributed by atoms with van der Waals surface area (Å²) in [4.78, 5) is 4.03. The molecule has 8 heteroatoms. The highest BCUT2D eigenvalue weighted by Crippen LogP contribution is 2.18. The first-order chi connectivity index (χ1) is 8.34. The molecular weight excluding hydrogens is 274 g/mol. The fraction of sp³-hybridized carbons (Fsp3) is 0.600. The minimum atomic E-state index is -3.35. The SMILES string of the molecule is C/C(=N\O)c1csc(NS(=O)(=O)CCC(C)C)n1. The molecule has 6 nitrogen and oxygen atoms in total. The van der Waals surface area contributed by atoms with Gasteiger partial charge in [0.1, 0.15) is 11.4 Å². The van der Waals surface area contributed by atoms with Crippen LogP contribution in [0.3, 0.4) is 0 Å². The van der Waals surface area contributed by atoms with Gasteiger partial charge >= 0.3 is 0 Å². The fourth-order valence-corrected chi connectivity index (χ4v) is 3.48. The second kappa shape index (κ2) is 6.14. The van der Waals surface area contributed by atoms with Crippen molar-refractivity contribution < 1.29 is 13.6 Å². The number of hydrogen-bond donors (Lipinski definition) is 2. The molecule has 1 rings (SSSR count). The number of nitrogens with one attached hydrogen (secondary N) is 1. The molecule has 0 aliphatic carbocycles. The molecule has 1 heterocycles. The van der Waals surface area contributed by atoms with Crippen LogP contribution in [0.1, 0.15) is 32.9 Å². The van der Waals surface area contributed by atoms with E-state index < -0.39 is 10.0 Å². The first-order valence-electron chi connectivity index (χ1n) is 5.49. The second-order valence-electron chi connectivity index (χ2n) is 4.33. The van der Waals surface area contributed by atoms with Gasteiger partial charge in [0.2, 0.25) is 10.0 Å². The Morgan fingerprint density at radius 3 is 2.83 bits per heavy atom. The Kier molecular flexibility index (Phi) is 5.09. The summed E-state index contributed by atoms with van der Waals surface area (Å²) in [5.41, 5.74) is 0.808. The second-order valence-corrected chi connectivity index (χ2v) is 7.03. The molecule has 0 bridgehead atoms. The number of rotatable bonds is 6. The van der Waals surface area contributed by atoms with Crippen molar-refractivity contribution in [3.05, 3.63) is 11.1 Å². The van der Waals surface area contributed by atoms with Crippen LogP contribution in [0.2, 0.25) is 0 Å². The molecule has 1 aromatic heterocycles. The van der Waals surface area contributed by atoms with E-state index in [-0.39, 0.29) is 10.9 Å². The Morgan fingerprint density at radius 1 is 1.61 bits per heavy atom. The summed E-state index contributed by atoms with van der Waals surface area (Å²) in [6.45, 7) is 5.53. The van der Waals surface area contributed by atoms with Crippen molar-refractivity contribution in [3.63, 3.8) is 0 Å². The van der Waals surface area contributed by atoms with Gasteiger partial charge in [-0.05, 0) is 19.3 Å². The van der Waals surface area contributed by atoms with Crippen LogP contribution in [-0.4, -0.2) is 30.1 Å². The van der Waals surface area contributed by atoms with Gasteiger partial charge in [0.25, 0.3) is 0 Å². The summed E-state index contributed by atoms with van der Waals surface area (Å²) in [6.07, 6.45) is 0.602. The van der Waals surface area contributed by atoms with Crippen molar-refractivity contribution in [1.82, 2.24) is 4.98 Å². The molecule has 0 atom stereocenters. The summed E-state index contributed by atoms with van der Waals surface area (Å²) in [5, 5.41) is 13.5. The third kappa shape index (κ3) is 4.61. The quantitative estimate of drug-likeness (QED) is 0.477. The molecule has 18 heavy (non-hydrogen) atoms. The van der Waals surface area contributed by atoms with E-state index in [4.69, 9.17) is 5.21 Å². The van der Waals surface area contributed by atoms with E-state index in [1.54, 1.807) is 12.3 Å². The summed E-state index contributed by atoms with van der Waals surface area (Å²) in [6, 6.07) is 0. The fourth-order valence-electron chi connectivity index (χ4n) is 1.11. The number of hydrogen-bond acceptors (Lipinski definition) is 6. The first kappa shape index (κ1) is 14.9. The largest absolute Gasteiger partial charge is 0.411 e. The van der Waals surface area contributed by atoms with Crippen LogP contribution in [0.4, 0.5) is 5.13 Å². The topological polar surface area (TPSA) is 91.7 Å². The van der Waals surface area contributed by atoms with Crippen molar-refractivity contribution in [2.24, 2.45) is 11.1 Å². The predicted molar refractivity (Wildman–Crippen MR) is 73.0 cm³/mol. The molecule has 0 spiro atoms. The molecule has 0 aromatic carbocycles. The Labute approximate surface area is 111 Å². The van der Waals surface area contributed by atoms with Crippen molar-refractivity contribution in [2.75, 3.05) is 10.5 Å². The summed E-state index contributed by atoms with van der Waals surface area (Å²) < 4.78 is 25.9. The van der Waals surface area contributed by atoms with Crippen LogP contribution >= 0.6 is 11.3 Å². The molecule has 1 aromatic rings. The molecule has 0 aliphatic rings. The van der Waals surface area contributed by atoms with Gasteiger partial charge in [-0.2, -0.15) is 0 Å². The highest BCUT2D eigenvalue weighted by Gasteiger charge is 2.14. The third-order valence-electron chi connectivity index (χ3n) is 2.23. The molecule has 0 amide bonds. The van der Waals surface area contributed by atoms with E-state index in [1.807, 2.05) is 13.8 Å². The Hall–Kier alpha value is -1.15. The lowest BCUT2D eigenvalue weighted by atomic mass is 10.2. The third-order valence-corrected chi connectivity index (χ3v) is 4.40. The zero-order chi connectivity index (χ0) is 13.8. The maximum absolute atomic E-state index is 11.7. The Balaban J connectivity index is 2.70. The summed E-state index contributed by atoms with van der Waals surface area (Å²) >= 11 is 1.16. The smallest absolute Gasteiger partial charge is 0.234 e. The van der Waals surface area contributed by atoms with Crippen LogP contribution in [0.25, 0.3) is 0 Å². The lowest BCUT2D eigenvalue weighted by Gasteiger charge is -2.06. The molecule has 0 saturated heterocycles.